The zero-order valence-corrected chi connectivity index (χ0v) is 16.5. The van der Waals surface area contributed by atoms with Gasteiger partial charge in [-0.15, -0.1) is 11.3 Å². The van der Waals surface area contributed by atoms with E-state index in [9.17, 15) is 13.2 Å². The fourth-order valence-corrected chi connectivity index (χ4v) is 6.27. The van der Waals surface area contributed by atoms with Crippen LogP contribution in [0.15, 0.2) is 34.5 Å². The molecule has 5 nitrogen and oxygen atoms in total. The minimum atomic E-state index is -3.65. The van der Waals surface area contributed by atoms with Crippen LogP contribution in [0.1, 0.15) is 31.2 Å². The summed E-state index contributed by atoms with van der Waals surface area (Å²) in [4.78, 5) is 14.6. The number of nitrogens with one attached hydrogen (secondary N) is 1. The highest BCUT2D eigenvalue weighted by atomic mass is 35.5. The Morgan fingerprint density at radius 2 is 1.96 bits per heavy atom. The second kappa shape index (κ2) is 6.87. The van der Waals surface area contributed by atoms with Crippen molar-refractivity contribution in [3.8, 4) is 0 Å². The maximum Gasteiger partial charge on any atom is 0.271 e. The van der Waals surface area contributed by atoms with Gasteiger partial charge in [-0.2, -0.15) is 0 Å². The van der Waals surface area contributed by atoms with Gasteiger partial charge in [0, 0.05) is 23.8 Å². The van der Waals surface area contributed by atoms with Crippen molar-refractivity contribution in [2.75, 3.05) is 16.2 Å². The molecule has 0 spiro atoms. The smallest absolute Gasteiger partial charge is 0.271 e. The first-order valence-corrected chi connectivity index (χ1v) is 11.3. The first kappa shape index (κ1) is 17.8. The van der Waals surface area contributed by atoms with Crippen LogP contribution in [0.5, 0.6) is 0 Å². The van der Waals surface area contributed by atoms with Crippen LogP contribution in [0, 0.1) is 5.92 Å². The highest BCUT2D eigenvalue weighted by Gasteiger charge is 2.32. The van der Waals surface area contributed by atoms with Crippen LogP contribution in [-0.4, -0.2) is 20.9 Å². The first-order chi connectivity index (χ1) is 12.4. The number of hydrogen-bond donors (Lipinski definition) is 1. The summed E-state index contributed by atoms with van der Waals surface area (Å²) in [5.74, 6) is 0.352. The number of carbonyl (C=O) groups excluding carboxylic acids is 1. The maximum atomic E-state index is 12.7. The van der Waals surface area contributed by atoms with Crippen molar-refractivity contribution in [1.29, 1.82) is 0 Å². The van der Waals surface area contributed by atoms with Crippen LogP contribution in [0.25, 0.3) is 0 Å². The summed E-state index contributed by atoms with van der Waals surface area (Å²) in [5.41, 5.74) is 2.41. The second-order valence-corrected chi connectivity index (χ2v) is 10.4. The molecule has 1 amide bonds. The number of anilines is 2. The van der Waals surface area contributed by atoms with Crippen molar-refractivity contribution in [3.63, 3.8) is 0 Å². The number of halogens is 1. The van der Waals surface area contributed by atoms with E-state index in [2.05, 4.69) is 4.72 Å². The average molecular weight is 411 g/mol. The van der Waals surface area contributed by atoms with E-state index in [4.69, 9.17) is 11.6 Å². The number of amides is 1. The molecule has 0 radical (unpaired) electrons. The molecule has 2 heterocycles. The zero-order valence-electron chi connectivity index (χ0n) is 14.1. The van der Waals surface area contributed by atoms with Crippen molar-refractivity contribution >= 4 is 50.2 Å². The highest BCUT2D eigenvalue weighted by molar-refractivity contribution is 7.94. The number of benzene rings is 1. The van der Waals surface area contributed by atoms with E-state index in [0.717, 1.165) is 54.7 Å². The first-order valence-electron chi connectivity index (χ1n) is 8.66. The zero-order chi connectivity index (χ0) is 18.3. The number of carbonyl (C=O) groups is 1. The maximum absolute atomic E-state index is 12.7. The summed E-state index contributed by atoms with van der Waals surface area (Å²) in [6, 6.07) is 8.44. The van der Waals surface area contributed by atoms with Gasteiger partial charge in [-0.25, -0.2) is 8.42 Å². The molecular formula is C18H19ClN2O3S2. The van der Waals surface area contributed by atoms with Crippen molar-refractivity contribution in [1.82, 2.24) is 0 Å². The van der Waals surface area contributed by atoms with Gasteiger partial charge >= 0.3 is 0 Å². The topological polar surface area (TPSA) is 66.5 Å². The van der Waals surface area contributed by atoms with Gasteiger partial charge in [0.2, 0.25) is 5.91 Å². The Kier molecular flexibility index (Phi) is 4.71. The molecule has 2 aromatic rings. The molecule has 8 heteroatoms. The molecule has 1 N–H and O–H groups in total. The van der Waals surface area contributed by atoms with Gasteiger partial charge in [0.25, 0.3) is 10.0 Å². The summed E-state index contributed by atoms with van der Waals surface area (Å²) in [6.07, 6.45) is 4.96. The summed E-state index contributed by atoms with van der Waals surface area (Å²) < 4.78 is 28.1. The van der Waals surface area contributed by atoms with Crippen molar-refractivity contribution in [2.24, 2.45) is 5.92 Å². The normalized spacial score (nSPS) is 17.5. The predicted molar refractivity (Wildman–Crippen MR) is 105 cm³/mol. The molecular weight excluding hydrogens is 392 g/mol. The van der Waals surface area contributed by atoms with Crippen LogP contribution in [0.2, 0.25) is 4.34 Å². The Bertz CT molecular complexity index is 949. The Morgan fingerprint density at radius 1 is 1.19 bits per heavy atom. The number of thiophene rings is 1. The van der Waals surface area contributed by atoms with Crippen LogP contribution in [-0.2, 0) is 21.2 Å². The summed E-state index contributed by atoms with van der Waals surface area (Å²) in [7, 11) is -3.65. The number of nitrogens with zero attached hydrogens (tertiary/aromatic N) is 1. The minimum absolute atomic E-state index is 0.141. The van der Waals surface area contributed by atoms with Gasteiger partial charge < -0.3 is 4.90 Å². The molecule has 0 unspecified atom stereocenters. The summed E-state index contributed by atoms with van der Waals surface area (Å²) in [6.45, 7) is 0.668. The second-order valence-electron chi connectivity index (χ2n) is 6.73. The van der Waals surface area contributed by atoms with E-state index in [-0.39, 0.29) is 16.0 Å². The minimum Gasteiger partial charge on any atom is -0.312 e. The summed E-state index contributed by atoms with van der Waals surface area (Å²) >= 11 is 6.85. The van der Waals surface area contributed by atoms with Gasteiger partial charge in [0.05, 0.1) is 4.34 Å². The third-order valence-corrected chi connectivity index (χ3v) is 8.12. The SMILES string of the molecule is O=C(C1CCCC1)N1CCc2cc(NS(=O)(=O)c3ccc(Cl)s3)ccc21. The molecule has 1 aromatic heterocycles. The molecule has 1 aliphatic carbocycles. The van der Waals surface area contributed by atoms with Crippen LogP contribution < -0.4 is 9.62 Å². The largest absolute Gasteiger partial charge is 0.312 e. The lowest BCUT2D eigenvalue weighted by Crippen LogP contribution is -2.33. The lowest BCUT2D eigenvalue weighted by atomic mass is 10.1. The molecule has 1 saturated carbocycles. The molecule has 2 aliphatic rings. The van der Waals surface area contributed by atoms with E-state index in [1.54, 1.807) is 12.1 Å². The van der Waals surface area contributed by atoms with E-state index >= 15 is 0 Å². The average Bonchev–Trinajstić information content (AvgIpc) is 3.34. The Balaban J connectivity index is 1.54. The van der Waals surface area contributed by atoms with Crippen molar-refractivity contribution in [2.45, 2.75) is 36.3 Å². The Morgan fingerprint density at radius 3 is 2.65 bits per heavy atom. The highest BCUT2D eigenvalue weighted by Crippen LogP contribution is 2.35. The number of rotatable bonds is 4. The lowest BCUT2D eigenvalue weighted by Gasteiger charge is -2.21. The molecule has 0 bridgehead atoms. The van der Waals surface area contributed by atoms with E-state index in [1.807, 2.05) is 17.0 Å². The molecule has 1 aliphatic heterocycles. The number of sulfonamides is 1. The predicted octanol–water partition coefficient (Wildman–Crippen LogP) is 4.28. The van der Waals surface area contributed by atoms with Crippen molar-refractivity contribution in [3.05, 3.63) is 40.2 Å². The third kappa shape index (κ3) is 3.35. The van der Waals surface area contributed by atoms with Gasteiger partial charge in [0.1, 0.15) is 4.21 Å². The monoisotopic (exact) mass is 410 g/mol. The third-order valence-electron chi connectivity index (χ3n) is 5.01. The fraction of sp³-hybridized carbons (Fsp3) is 0.389. The van der Waals surface area contributed by atoms with Gasteiger partial charge in [-0.1, -0.05) is 24.4 Å². The fourth-order valence-electron chi connectivity index (χ4n) is 3.73. The van der Waals surface area contributed by atoms with Gasteiger partial charge in [-0.3, -0.25) is 9.52 Å². The number of fused-ring (bicyclic) bond motifs is 1. The van der Waals surface area contributed by atoms with E-state index in [0.29, 0.717) is 16.6 Å². The van der Waals surface area contributed by atoms with Crippen LogP contribution >= 0.6 is 22.9 Å². The molecule has 1 aromatic carbocycles. The van der Waals surface area contributed by atoms with Crippen LogP contribution in [0.3, 0.4) is 0 Å². The molecule has 26 heavy (non-hydrogen) atoms. The van der Waals surface area contributed by atoms with Gasteiger partial charge in [0.15, 0.2) is 0 Å². The quantitative estimate of drug-likeness (QED) is 0.817. The summed E-state index contributed by atoms with van der Waals surface area (Å²) in [5, 5.41) is 0. The van der Waals surface area contributed by atoms with E-state index < -0.39 is 10.0 Å². The van der Waals surface area contributed by atoms with E-state index in [1.165, 1.54) is 6.07 Å². The number of hydrogen-bond acceptors (Lipinski definition) is 4. The lowest BCUT2D eigenvalue weighted by molar-refractivity contribution is -0.122. The standard InChI is InChI=1S/C18H19ClN2O3S2/c19-16-7-8-17(25-16)26(23,24)20-14-5-6-15-13(11-14)9-10-21(15)18(22)12-3-1-2-4-12/h5-8,11-12,20H,1-4,9-10H2. The Labute approximate surface area is 162 Å². The molecule has 0 atom stereocenters. The van der Waals surface area contributed by atoms with Gasteiger partial charge in [-0.05, 0) is 55.2 Å². The van der Waals surface area contributed by atoms with Crippen molar-refractivity contribution < 1.29 is 13.2 Å². The molecule has 0 saturated heterocycles. The molecule has 1 fully saturated rings. The molecule has 4 rings (SSSR count). The molecule has 138 valence electrons. The Hall–Kier alpha value is -1.57. The van der Waals surface area contributed by atoms with Crippen LogP contribution in [0.4, 0.5) is 11.4 Å².